The van der Waals surface area contributed by atoms with Gasteiger partial charge in [0.25, 0.3) is 0 Å². The van der Waals surface area contributed by atoms with Crippen LogP contribution in [0.25, 0.3) is 0 Å². The zero-order valence-electron chi connectivity index (χ0n) is 23.7. The molecule has 2 amide bonds. The minimum Gasteiger partial charge on any atom is -0.335 e. The number of hydrogen-bond donors (Lipinski definition) is 2. The number of carbonyl (C=O) groups excluding carboxylic acids is 2. The number of piperidine rings is 2. The Balaban J connectivity index is 1.83. The highest BCUT2D eigenvalue weighted by Crippen LogP contribution is 2.34. The van der Waals surface area contributed by atoms with E-state index in [0.29, 0.717) is 0 Å². The maximum absolute atomic E-state index is 12.4. The van der Waals surface area contributed by atoms with Crippen LogP contribution in [0.4, 0.5) is 0 Å². The van der Waals surface area contributed by atoms with Gasteiger partial charge in [0.2, 0.25) is 11.8 Å². The third kappa shape index (κ3) is 8.82. The van der Waals surface area contributed by atoms with Gasteiger partial charge in [-0.15, -0.1) is 0 Å². The molecule has 0 aromatic heterocycles. The molecule has 0 aromatic rings. The predicted molar refractivity (Wildman–Crippen MR) is 141 cm³/mol. The topological polar surface area (TPSA) is 64.7 Å². The van der Waals surface area contributed by atoms with E-state index in [2.05, 4.69) is 79.1 Å². The van der Waals surface area contributed by atoms with Crippen LogP contribution in [0.15, 0.2) is 0 Å². The molecule has 34 heavy (non-hydrogen) atoms. The second kappa shape index (κ2) is 10.9. The Bertz CT molecular complexity index is 621. The number of amides is 2. The minimum absolute atomic E-state index is 0.0107. The van der Waals surface area contributed by atoms with Crippen LogP contribution in [-0.4, -0.2) is 55.9 Å². The van der Waals surface area contributed by atoms with E-state index in [-0.39, 0.29) is 46.1 Å². The third-order valence-corrected chi connectivity index (χ3v) is 7.16. The Morgan fingerprint density at radius 2 is 0.912 bits per heavy atom. The van der Waals surface area contributed by atoms with Gasteiger partial charge >= 0.3 is 0 Å². The molecule has 6 heteroatoms. The molecule has 0 aliphatic carbocycles. The summed E-state index contributed by atoms with van der Waals surface area (Å²) in [4.78, 5) is 28.9. The fourth-order valence-electron chi connectivity index (χ4n) is 6.75. The molecule has 0 saturated carbocycles. The molecule has 2 heterocycles. The molecule has 2 radical (unpaired) electrons. The summed E-state index contributed by atoms with van der Waals surface area (Å²) in [6.45, 7) is 25.4. The van der Waals surface area contributed by atoms with Crippen LogP contribution in [-0.2, 0) is 9.59 Å². The summed E-state index contributed by atoms with van der Waals surface area (Å²) in [5.41, 5.74) is 0.0430. The summed E-state index contributed by atoms with van der Waals surface area (Å²) >= 11 is 0. The third-order valence-electron chi connectivity index (χ3n) is 7.16. The highest BCUT2D eigenvalue weighted by Gasteiger charge is 2.41. The van der Waals surface area contributed by atoms with E-state index in [1.165, 1.54) is 0 Å². The van der Waals surface area contributed by atoms with E-state index in [0.717, 1.165) is 51.4 Å². The van der Waals surface area contributed by atoms with Crippen molar-refractivity contribution in [1.29, 1.82) is 0 Å². The fourth-order valence-corrected chi connectivity index (χ4v) is 6.75. The molecule has 0 spiro atoms. The van der Waals surface area contributed by atoms with Gasteiger partial charge in [0.05, 0.1) is 13.1 Å². The van der Waals surface area contributed by atoms with Gasteiger partial charge in [-0.05, 0) is 93.9 Å². The molecule has 0 unspecified atom stereocenters. The van der Waals surface area contributed by atoms with E-state index >= 15 is 0 Å². The highest BCUT2D eigenvalue weighted by atomic mass is 16.2. The molecule has 2 rings (SSSR count). The average Bonchev–Trinajstić information content (AvgIpc) is 2.57. The second-order valence-corrected chi connectivity index (χ2v) is 13.4. The van der Waals surface area contributed by atoms with E-state index in [1.807, 2.05) is 9.80 Å². The summed E-state index contributed by atoms with van der Waals surface area (Å²) in [5.74, 6) is 0.257. The lowest BCUT2D eigenvalue weighted by molar-refractivity contribution is -0.132. The first-order valence-electron chi connectivity index (χ1n) is 13.3. The van der Waals surface area contributed by atoms with Crippen molar-refractivity contribution in [3.05, 3.63) is 13.1 Å². The largest absolute Gasteiger partial charge is 0.335 e. The van der Waals surface area contributed by atoms with Crippen LogP contribution in [0.2, 0.25) is 0 Å². The van der Waals surface area contributed by atoms with Crippen molar-refractivity contribution in [2.45, 2.75) is 155 Å². The summed E-state index contributed by atoms with van der Waals surface area (Å²) in [5, 5.41) is 7.41. The lowest BCUT2D eigenvalue weighted by atomic mass is 9.79. The van der Waals surface area contributed by atoms with Crippen molar-refractivity contribution >= 4 is 11.8 Å². The molecule has 2 aliphatic rings. The first-order chi connectivity index (χ1) is 15.4. The van der Waals surface area contributed by atoms with Crippen LogP contribution < -0.4 is 10.6 Å². The normalized spacial score (nSPS) is 23.9. The van der Waals surface area contributed by atoms with Gasteiger partial charge in [0, 0.05) is 48.1 Å². The van der Waals surface area contributed by atoms with E-state index in [4.69, 9.17) is 0 Å². The van der Waals surface area contributed by atoms with E-state index in [9.17, 15) is 9.59 Å². The van der Waals surface area contributed by atoms with Crippen molar-refractivity contribution in [3.63, 3.8) is 0 Å². The summed E-state index contributed by atoms with van der Waals surface area (Å²) < 4.78 is 0. The molecule has 2 fully saturated rings. The first-order valence-corrected chi connectivity index (χ1v) is 13.3. The Labute approximate surface area is 210 Å². The Kier molecular flexibility index (Phi) is 9.29. The molecule has 2 saturated heterocycles. The molecular weight excluding hydrogens is 424 g/mol. The smallest absolute Gasteiger partial charge is 0.220 e. The molecular formula is C28H52N4O2. The van der Waals surface area contributed by atoms with Gasteiger partial charge in [0.1, 0.15) is 0 Å². The van der Waals surface area contributed by atoms with Crippen molar-refractivity contribution in [2.24, 2.45) is 0 Å². The van der Waals surface area contributed by atoms with Gasteiger partial charge in [-0.3, -0.25) is 9.59 Å². The van der Waals surface area contributed by atoms with Crippen molar-refractivity contribution in [3.8, 4) is 0 Å². The monoisotopic (exact) mass is 476 g/mol. The number of unbranched alkanes of at least 4 members (excludes halogenated alkanes) is 3. The van der Waals surface area contributed by atoms with Crippen molar-refractivity contribution in [1.82, 2.24) is 20.4 Å². The summed E-state index contributed by atoms with van der Waals surface area (Å²) in [7, 11) is 0. The quantitative estimate of drug-likeness (QED) is 0.450. The Morgan fingerprint density at radius 3 is 1.15 bits per heavy atom. The van der Waals surface area contributed by atoms with Gasteiger partial charge in [0.15, 0.2) is 0 Å². The van der Waals surface area contributed by atoms with Crippen LogP contribution in [0.5, 0.6) is 0 Å². The van der Waals surface area contributed by atoms with Crippen LogP contribution in [0.1, 0.15) is 121 Å². The molecule has 0 bridgehead atoms. The van der Waals surface area contributed by atoms with Gasteiger partial charge in [-0.2, -0.15) is 0 Å². The van der Waals surface area contributed by atoms with Gasteiger partial charge in [-0.25, -0.2) is 0 Å². The van der Waals surface area contributed by atoms with E-state index < -0.39 is 0 Å². The summed E-state index contributed by atoms with van der Waals surface area (Å²) in [6, 6.07) is 0.463. The molecule has 6 nitrogen and oxygen atoms in total. The molecule has 2 N–H and O–H groups in total. The second-order valence-electron chi connectivity index (χ2n) is 13.4. The summed E-state index contributed by atoms with van der Waals surface area (Å²) in [6.07, 6.45) is 7.60. The number of nitrogens with zero attached hydrogens (tertiary/aromatic N) is 2. The van der Waals surface area contributed by atoms with Crippen LogP contribution in [0, 0.1) is 13.1 Å². The SMILES string of the molecule is CC(=O)N([CH]CCCC[CH]N(C(C)=O)C1CC(C)(C)NC(C)(C)C1)C1CC(C)(C)NC(C)(C)C1. The van der Waals surface area contributed by atoms with Crippen LogP contribution >= 0.6 is 0 Å². The molecule has 0 aromatic carbocycles. The number of carbonyl (C=O) groups is 2. The van der Waals surface area contributed by atoms with Crippen LogP contribution in [0.3, 0.4) is 0 Å². The number of nitrogens with one attached hydrogen (secondary N) is 2. The maximum atomic E-state index is 12.4. The zero-order chi connectivity index (χ0) is 25.9. The average molecular weight is 477 g/mol. The predicted octanol–water partition coefficient (Wildman–Crippen LogP) is 5.19. The van der Waals surface area contributed by atoms with Gasteiger partial charge < -0.3 is 20.4 Å². The molecule has 2 aliphatic heterocycles. The van der Waals surface area contributed by atoms with Crippen molar-refractivity contribution < 1.29 is 9.59 Å². The first kappa shape index (κ1) is 29.1. The number of rotatable bonds is 9. The highest BCUT2D eigenvalue weighted by molar-refractivity contribution is 5.74. The minimum atomic E-state index is 0.0107. The number of hydrogen-bond acceptors (Lipinski definition) is 4. The Hall–Kier alpha value is -1.14. The lowest BCUT2D eigenvalue weighted by Gasteiger charge is -2.49. The maximum Gasteiger partial charge on any atom is 0.220 e. The van der Waals surface area contributed by atoms with Crippen molar-refractivity contribution in [2.75, 3.05) is 0 Å². The molecule has 0 atom stereocenters. The zero-order valence-corrected chi connectivity index (χ0v) is 23.7. The Morgan fingerprint density at radius 1 is 0.647 bits per heavy atom. The standard InChI is InChI=1S/C28H52N4O2/c1-21(33)31(23-17-25(3,4)29-26(5,6)18-23)15-13-11-12-14-16-32(22(2)34)24-19-27(7,8)30-28(9,10)20-24/h15-16,23-24,29-30H,11-14,17-20H2,1-10H3. The fraction of sp³-hybridized carbons (Fsp3) is 0.857. The molecule has 196 valence electrons. The lowest BCUT2D eigenvalue weighted by Crippen LogP contribution is -2.62. The van der Waals surface area contributed by atoms with Gasteiger partial charge in [-0.1, -0.05) is 12.8 Å². The van der Waals surface area contributed by atoms with E-state index in [1.54, 1.807) is 13.8 Å².